The number of pyridine rings is 3. The van der Waals surface area contributed by atoms with Crippen molar-refractivity contribution in [3.8, 4) is 27.9 Å². The van der Waals surface area contributed by atoms with E-state index in [2.05, 4.69) is 34.2 Å². The zero-order chi connectivity index (χ0) is 24.4. The summed E-state index contributed by atoms with van der Waals surface area (Å²) < 4.78 is 1.83. The summed E-state index contributed by atoms with van der Waals surface area (Å²) in [6.07, 6.45) is 6.88. The van der Waals surface area contributed by atoms with Crippen molar-refractivity contribution in [3.63, 3.8) is 0 Å². The molecular weight excluding hydrogens is 436 g/mol. The quantitative estimate of drug-likeness (QED) is 0.425. The fourth-order valence-corrected chi connectivity index (χ4v) is 4.15. The van der Waals surface area contributed by atoms with Crippen LogP contribution in [0.15, 0.2) is 102 Å². The predicted octanol–water partition coefficient (Wildman–Crippen LogP) is 4.23. The molecule has 0 aliphatic heterocycles. The SMILES string of the molecule is CC(C)[NH2+]C(=O)c1cn(-c2cccc(-c3ccc(-c4cccnc4)cc3)c2)c2ncccc2c1=O. The molecule has 0 saturated carbocycles. The lowest BCUT2D eigenvalue weighted by molar-refractivity contribution is -0.586. The number of carbonyl (C=O) groups is 1. The molecule has 5 rings (SSSR count). The Morgan fingerprint density at radius 1 is 0.857 bits per heavy atom. The Morgan fingerprint density at radius 2 is 1.57 bits per heavy atom. The van der Waals surface area contributed by atoms with Crippen molar-refractivity contribution < 1.29 is 10.1 Å². The highest BCUT2D eigenvalue weighted by Crippen LogP contribution is 2.26. The highest BCUT2D eigenvalue weighted by atomic mass is 16.2. The Morgan fingerprint density at radius 3 is 2.29 bits per heavy atom. The smallest absolute Gasteiger partial charge is 0.300 e. The van der Waals surface area contributed by atoms with Crippen LogP contribution in [0.3, 0.4) is 0 Å². The molecule has 0 unspecified atom stereocenters. The van der Waals surface area contributed by atoms with Crippen molar-refractivity contribution in [2.24, 2.45) is 0 Å². The predicted molar refractivity (Wildman–Crippen MR) is 137 cm³/mol. The summed E-state index contributed by atoms with van der Waals surface area (Å²) in [5, 5.41) is 1.99. The molecular formula is C29H25N4O2+. The zero-order valence-electron chi connectivity index (χ0n) is 19.6. The molecule has 0 aliphatic rings. The van der Waals surface area contributed by atoms with Crippen LogP contribution in [0.5, 0.6) is 0 Å². The van der Waals surface area contributed by atoms with E-state index in [1.54, 1.807) is 36.0 Å². The molecule has 0 radical (unpaired) electrons. The number of nitrogens with two attached hydrogens (primary N) is 1. The standard InChI is InChI=1S/C29H24N4O2/c1-19(2)32-29(35)26-18-33(28-25(27(26)34)9-5-15-31-28)24-8-3-6-22(16-24)20-10-12-21(13-11-20)23-7-4-14-30-17-23/h3-19H,1-2H3,(H,32,35)/p+1. The van der Waals surface area contributed by atoms with Gasteiger partial charge in [-0.3, -0.25) is 15.1 Å². The number of fused-ring (bicyclic) bond motifs is 1. The maximum absolute atomic E-state index is 13.1. The molecule has 3 aromatic heterocycles. The van der Waals surface area contributed by atoms with Crippen LogP contribution in [0.4, 0.5) is 0 Å². The molecule has 6 heteroatoms. The van der Waals surface area contributed by atoms with Crippen LogP contribution >= 0.6 is 0 Å². The summed E-state index contributed by atoms with van der Waals surface area (Å²) in [6, 6.07) is 23.7. The lowest BCUT2D eigenvalue weighted by Crippen LogP contribution is -2.92. The van der Waals surface area contributed by atoms with Gasteiger partial charge in [0.25, 0.3) is 0 Å². The van der Waals surface area contributed by atoms with Gasteiger partial charge >= 0.3 is 5.91 Å². The molecule has 0 saturated heterocycles. The Kier molecular flexibility index (Phi) is 6.04. The molecule has 0 bridgehead atoms. The van der Waals surface area contributed by atoms with E-state index in [4.69, 9.17) is 0 Å². The molecule has 2 N–H and O–H groups in total. The summed E-state index contributed by atoms with van der Waals surface area (Å²) >= 11 is 0. The number of rotatable bonds is 5. The van der Waals surface area contributed by atoms with Crippen molar-refractivity contribution in [2.75, 3.05) is 0 Å². The molecule has 0 aliphatic carbocycles. The topological polar surface area (TPSA) is 81.5 Å². The summed E-state index contributed by atoms with van der Waals surface area (Å²) in [5.74, 6) is -0.272. The second-order valence-corrected chi connectivity index (χ2v) is 8.76. The van der Waals surface area contributed by atoms with Crippen molar-refractivity contribution in [1.82, 2.24) is 14.5 Å². The van der Waals surface area contributed by atoms with Gasteiger partial charge in [-0.1, -0.05) is 42.5 Å². The van der Waals surface area contributed by atoms with Gasteiger partial charge in [0.1, 0.15) is 11.2 Å². The monoisotopic (exact) mass is 461 g/mol. The van der Waals surface area contributed by atoms with E-state index in [1.807, 2.05) is 61.0 Å². The normalized spacial score (nSPS) is 11.2. The van der Waals surface area contributed by atoms with Crippen LogP contribution < -0.4 is 10.7 Å². The number of carbonyl (C=O) groups excluding carboxylic acids is 1. The van der Waals surface area contributed by atoms with Gasteiger partial charge in [-0.15, -0.1) is 0 Å². The van der Waals surface area contributed by atoms with Crippen LogP contribution in [0.2, 0.25) is 0 Å². The van der Waals surface area contributed by atoms with Crippen molar-refractivity contribution in [2.45, 2.75) is 19.9 Å². The number of primary amides is 1. The van der Waals surface area contributed by atoms with E-state index < -0.39 is 0 Å². The molecule has 1 amide bonds. The molecule has 3 heterocycles. The summed E-state index contributed by atoms with van der Waals surface area (Å²) in [6.45, 7) is 3.84. The van der Waals surface area contributed by atoms with Gasteiger partial charge in [0.15, 0.2) is 0 Å². The van der Waals surface area contributed by atoms with Crippen LogP contribution in [-0.2, 0) is 0 Å². The lowest BCUT2D eigenvalue weighted by Gasteiger charge is -2.13. The number of nitrogens with zero attached hydrogens (tertiary/aromatic N) is 3. The molecule has 5 aromatic rings. The van der Waals surface area contributed by atoms with E-state index >= 15 is 0 Å². The number of hydrogen-bond acceptors (Lipinski definition) is 4. The number of quaternary nitrogens is 1. The second-order valence-electron chi connectivity index (χ2n) is 8.76. The zero-order valence-corrected chi connectivity index (χ0v) is 19.6. The third-order valence-electron chi connectivity index (χ3n) is 5.85. The molecule has 6 nitrogen and oxygen atoms in total. The average molecular weight is 462 g/mol. The van der Waals surface area contributed by atoms with E-state index in [9.17, 15) is 9.59 Å². The van der Waals surface area contributed by atoms with Gasteiger partial charge in [0.2, 0.25) is 5.43 Å². The number of benzene rings is 2. The van der Waals surface area contributed by atoms with Crippen molar-refractivity contribution >= 4 is 16.9 Å². The summed E-state index contributed by atoms with van der Waals surface area (Å²) in [4.78, 5) is 34.6. The minimum Gasteiger partial charge on any atom is -0.300 e. The van der Waals surface area contributed by atoms with Crippen LogP contribution in [0.1, 0.15) is 24.2 Å². The van der Waals surface area contributed by atoms with Crippen LogP contribution in [-0.4, -0.2) is 26.5 Å². The van der Waals surface area contributed by atoms with E-state index in [-0.39, 0.29) is 22.9 Å². The number of hydrogen-bond donors (Lipinski definition) is 1. The molecule has 0 spiro atoms. The third-order valence-corrected chi connectivity index (χ3v) is 5.85. The van der Waals surface area contributed by atoms with Gasteiger partial charge in [0, 0.05) is 30.5 Å². The van der Waals surface area contributed by atoms with E-state index in [1.165, 1.54) is 0 Å². The van der Waals surface area contributed by atoms with Crippen LogP contribution in [0.25, 0.3) is 39.0 Å². The molecule has 35 heavy (non-hydrogen) atoms. The Bertz CT molecular complexity index is 1570. The number of aromatic nitrogens is 3. The molecule has 2 aromatic carbocycles. The van der Waals surface area contributed by atoms with Crippen molar-refractivity contribution in [1.29, 1.82) is 0 Å². The first-order chi connectivity index (χ1) is 17.0. The van der Waals surface area contributed by atoms with Gasteiger partial charge in [-0.05, 0) is 66.4 Å². The fraction of sp³-hybridized carbons (Fsp3) is 0.103. The largest absolute Gasteiger partial charge is 0.348 e. The second kappa shape index (κ2) is 9.44. The molecule has 0 atom stereocenters. The summed E-state index contributed by atoms with van der Waals surface area (Å²) in [7, 11) is 0. The maximum atomic E-state index is 13.1. The highest BCUT2D eigenvalue weighted by molar-refractivity contribution is 5.91. The van der Waals surface area contributed by atoms with Crippen molar-refractivity contribution in [3.05, 3.63) is 113 Å². The highest BCUT2D eigenvalue weighted by Gasteiger charge is 2.20. The van der Waals surface area contributed by atoms with Gasteiger partial charge in [-0.2, -0.15) is 0 Å². The Labute approximate surface area is 202 Å². The Balaban J connectivity index is 1.59. The van der Waals surface area contributed by atoms with Gasteiger partial charge < -0.3 is 4.57 Å². The minimum atomic E-state index is -0.298. The van der Waals surface area contributed by atoms with Gasteiger partial charge in [-0.25, -0.2) is 9.78 Å². The van der Waals surface area contributed by atoms with E-state index in [0.717, 1.165) is 27.9 Å². The first-order valence-electron chi connectivity index (χ1n) is 11.5. The number of amides is 1. The Hall–Kier alpha value is -4.42. The third kappa shape index (κ3) is 4.52. The van der Waals surface area contributed by atoms with Crippen LogP contribution in [0, 0.1) is 0 Å². The summed E-state index contributed by atoms with van der Waals surface area (Å²) in [5.41, 5.74) is 5.42. The first kappa shape index (κ1) is 22.4. The average Bonchev–Trinajstić information content (AvgIpc) is 2.89. The molecule has 0 fully saturated rings. The lowest BCUT2D eigenvalue weighted by atomic mass is 10.0. The molecule has 172 valence electrons. The minimum absolute atomic E-state index is 0.0397. The van der Waals surface area contributed by atoms with E-state index in [0.29, 0.717) is 11.0 Å². The maximum Gasteiger partial charge on any atom is 0.348 e. The van der Waals surface area contributed by atoms with Gasteiger partial charge in [0.05, 0.1) is 11.4 Å². The first-order valence-corrected chi connectivity index (χ1v) is 11.5. The fourth-order valence-electron chi connectivity index (χ4n) is 4.15.